The van der Waals surface area contributed by atoms with Crippen molar-refractivity contribution >= 4 is 5.97 Å². The Hall–Kier alpha value is -0.570. The lowest BCUT2D eigenvalue weighted by Crippen LogP contribution is -2.41. The van der Waals surface area contributed by atoms with Gasteiger partial charge in [0, 0.05) is 18.8 Å². The van der Waals surface area contributed by atoms with Crippen LogP contribution in [-0.2, 0) is 4.79 Å². The first kappa shape index (κ1) is 18.4. The van der Waals surface area contributed by atoms with Crippen LogP contribution in [0, 0.1) is 0 Å². The summed E-state index contributed by atoms with van der Waals surface area (Å²) in [6.45, 7) is 7.58. The Morgan fingerprint density at radius 3 is 1.89 bits per heavy atom. The van der Waals surface area contributed by atoms with Crippen LogP contribution in [0.15, 0.2) is 0 Å². The Kier molecular flexibility index (Phi) is 10.9. The molecule has 1 saturated heterocycles. The van der Waals surface area contributed by atoms with Crippen molar-refractivity contribution in [3.05, 3.63) is 0 Å². The van der Waals surface area contributed by atoms with Gasteiger partial charge in [-0.2, -0.15) is 0 Å². The molecule has 3 heteroatoms. The van der Waals surface area contributed by atoms with E-state index in [1.165, 1.54) is 81.9 Å². The zero-order chi connectivity index (χ0) is 14.6. The van der Waals surface area contributed by atoms with Crippen molar-refractivity contribution in [3.63, 3.8) is 0 Å². The molecule has 3 nitrogen and oxygen atoms in total. The molecule has 114 valence electrons. The highest BCUT2D eigenvalue weighted by Crippen LogP contribution is 2.18. The van der Waals surface area contributed by atoms with Gasteiger partial charge in [0.05, 0.1) is 26.7 Å². The smallest absolute Gasteiger partial charge is 0.0786 e. The van der Waals surface area contributed by atoms with Crippen LogP contribution in [0.1, 0.15) is 71.6 Å². The maximum atomic E-state index is 8.89. The summed E-state index contributed by atoms with van der Waals surface area (Å²) in [5.41, 5.74) is 0. The Labute approximate surface area is 119 Å². The average Bonchev–Trinajstić information content (AvgIpc) is 2.75. The molecule has 0 aliphatic carbocycles. The predicted molar refractivity (Wildman–Crippen MR) is 78.7 cm³/mol. The minimum absolute atomic E-state index is 0.972. The molecule has 1 aliphatic heterocycles. The number of quaternary nitrogens is 1. The third kappa shape index (κ3) is 12.2. The number of unbranched alkanes of at least 4 members (excludes halogenated alkanes) is 6. The van der Waals surface area contributed by atoms with E-state index >= 15 is 0 Å². The summed E-state index contributed by atoms with van der Waals surface area (Å²) in [6, 6.07) is 0. The maximum absolute atomic E-state index is 8.89. The van der Waals surface area contributed by atoms with E-state index in [0.717, 1.165) is 6.92 Å². The van der Waals surface area contributed by atoms with Gasteiger partial charge in [0.2, 0.25) is 0 Å². The summed E-state index contributed by atoms with van der Waals surface area (Å²) in [6.07, 6.45) is 13.1. The van der Waals surface area contributed by atoms with Crippen molar-refractivity contribution in [2.24, 2.45) is 0 Å². The summed E-state index contributed by atoms with van der Waals surface area (Å²) in [7, 11) is 2.45. The Morgan fingerprint density at radius 2 is 1.42 bits per heavy atom. The van der Waals surface area contributed by atoms with Crippen molar-refractivity contribution < 1.29 is 14.4 Å². The van der Waals surface area contributed by atoms with Gasteiger partial charge in [-0.15, -0.1) is 0 Å². The van der Waals surface area contributed by atoms with Crippen LogP contribution < -0.4 is 5.11 Å². The quantitative estimate of drug-likeness (QED) is 0.503. The van der Waals surface area contributed by atoms with Crippen molar-refractivity contribution in [2.45, 2.75) is 71.6 Å². The fraction of sp³-hybridized carbons (Fsp3) is 0.938. The zero-order valence-corrected chi connectivity index (χ0v) is 13.2. The van der Waals surface area contributed by atoms with Gasteiger partial charge in [0.1, 0.15) is 0 Å². The number of carbonyl (C=O) groups is 1. The van der Waals surface area contributed by atoms with Gasteiger partial charge in [-0.25, -0.2) is 0 Å². The van der Waals surface area contributed by atoms with Crippen LogP contribution in [0.5, 0.6) is 0 Å². The molecule has 0 aromatic carbocycles. The first-order valence-corrected chi connectivity index (χ1v) is 8.01. The molecule has 1 heterocycles. The molecule has 1 fully saturated rings. The van der Waals surface area contributed by atoms with Gasteiger partial charge >= 0.3 is 0 Å². The summed E-state index contributed by atoms with van der Waals surface area (Å²) in [5.74, 6) is -1.08. The lowest BCUT2D eigenvalue weighted by Gasteiger charge is -2.29. The second-order valence-corrected chi connectivity index (χ2v) is 6.11. The molecule has 0 bridgehead atoms. The van der Waals surface area contributed by atoms with Crippen LogP contribution in [0.25, 0.3) is 0 Å². The second kappa shape index (κ2) is 11.3. The number of carboxylic acid groups (broad SMARTS) is 1. The molecule has 0 unspecified atom stereocenters. The standard InChI is InChI=1S/C14H30N.C2H4O2/c1-3-4-5-6-7-8-9-12-15(2)13-10-11-14-15;1-2(3)4/h3-14H2,1-2H3;1H3,(H,3,4)/q+1;/p-1. The van der Waals surface area contributed by atoms with Gasteiger partial charge in [0.25, 0.3) is 0 Å². The largest absolute Gasteiger partial charge is 0.550 e. The van der Waals surface area contributed by atoms with Crippen LogP contribution in [-0.4, -0.2) is 37.1 Å². The highest BCUT2D eigenvalue weighted by atomic mass is 16.4. The fourth-order valence-corrected chi connectivity index (χ4v) is 2.77. The fourth-order valence-electron chi connectivity index (χ4n) is 2.77. The first-order valence-electron chi connectivity index (χ1n) is 8.01. The Balaban J connectivity index is 0.000000711. The van der Waals surface area contributed by atoms with E-state index in [2.05, 4.69) is 14.0 Å². The molecular formula is C16H33NO2. The van der Waals surface area contributed by atoms with E-state index in [9.17, 15) is 0 Å². The number of likely N-dealkylation sites (tertiary alicyclic amines) is 1. The summed E-state index contributed by atoms with van der Waals surface area (Å²) in [4.78, 5) is 8.89. The third-order valence-electron chi connectivity index (χ3n) is 3.95. The number of nitrogens with zero attached hydrogens (tertiary/aromatic N) is 1. The lowest BCUT2D eigenvalue weighted by molar-refractivity contribution is -0.897. The van der Waals surface area contributed by atoms with Crippen LogP contribution in [0.4, 0.5) is 0 Å². The topological polar surface area (TPSA) is 40.1 Å². The maximum Gasteiger partial charge on any atom is 0.0786 e. The van der Waals surface area contributed by atoms with Gasteiger partial charge < -0.3 is 14.4 Å². The van der Waals surface area contributed by atoms with Crippen LogP contribution >= 0.6 is 0 Å². The van der Waals surface area contributed by atoms with Crippen molar-refractivity contribution in [3.8, 4) is 0 Å². The van der Waals surface area contributed by atoms with Crippen molar-refractivity contribution in [1.82, 2.24) is 0 Å². The SMILES string of the molecule is CC(=O)[O-].CCCCCCCCC[N+]1(C)CCCC1. The molecule has 0 aromatic rings. The number of hydrogen-bond donors (Lipinski definition) is 0. The zero-order valence-electron chi connectivity index (χ0n) is 13.2. The molecule has 0 N–H and O–H groups in total. The van der Waals surface area contributed by atoms with E-state index in [1.54, 1.807) is 0 Å². The average molecular weight is 271 g/mol. The van der Waals surface area contributed by atoms with E-state index in [1.807, 2.05) is 0 Å². The van der Waals surface area contributed by atoms with Gasteiger partial charge in [-0.3, -0.25) is 0 Å². The molecule has 19 heavy (non-hydrogen) atoms. The lowest BCUT2D eigenvalue weighted by atomic mass is 10.1. The van der Waals surface area contributed by atoms with Gasteiger partial charge in [0.15, 0.2) is 0 Å². The van der Waals surface area contributed by atoms with E-state index in [-0.39, 0.29) is 0 Å². The van der Waals surface area contributed by atoms with Gasteiger partial charge in [-0.1, -0.05) is 39.0 Å². The number of rotatable bonds is 8. The molecule has 0 spiro atoms. The van der Waals surface area contributed by atoms with E-state index in [0.29, 0.717) is 0 Å². The molecule has 0 saturated carbocycles. The van der Waals surface area contributed by atoms with Crippen molar-refractivity contribution in [2.75, 3.05) is 26.7 Å². The Morgan fingerprint density at radius 1 is 1.00 bits per heavy atom. The number of aliphatic carboxylic acids is 1. The Bertz CT molecular complexity index is 219. The highest BCUT2D eigenvalue weighted by molar-refractivity contribution is 5.60. The molecule has 0 aromatic heterocycles. The molecule has 0 amide bonds. The molecule has 0 radical (unpaired) electrons. The normalized spacial score (nSPS) is 16.8. The number of carboxylic acids is 1. The molecule has 1 aliphatic rings. The molecular weight excluding hydrogens is 238 g/mol. The second-order valence-electron chi connectivity index (χ2n) is 6.11. The van der Waals surface area contributed by atoms with Crippen molar-refractivity contribution in [1.29, 1.82) is 0 Å². The number of hydrogen-bond acceptors (Lipinski definition) is 2. The predicted octanol–water partition coefficient (Wildman–Crippen LogP) is 2.73. The minimum atomic E-state index is -1.08. The minimum Gasteiger partial charge on any atom is -0.550 e. The first-order chi connectivity index (χ1) is 9.00. The summed E-state index contributed by atoms with van der Waals surface area (Å²) in [5, 5.41) is 8.89. The van der Waals surface area contributed by atoms with E-state index < -0.39 is 5.97 Å². The third-order valence-corrected chi connectivity index (χ3v) is 3.95. The summed E-state index contributed by atoms with van der Waals surface area (Å²) >= 11 is 0. The number of carbonyl (C=O) groups excluding carboxylic acids is 1. The highest BCUT2D eigenvalue weighted by Gasteiger charge is 2.25. The molecule has 0 atom stereocenters. The van der Waals surface area contributed by atoms with Crippen LogP contribution in [0.2, 0.25) is 0 Å². The summed E-state index contributed by atoms with van der Waals surface area (Å²) < 4.78 is 1.37. The van der Waals surface area contributed by atoms with Crippen LogP contribution in [0.3, 0.4) is 0 Å². The van der Waals surface area contributed by atoms with E-state index in [4.69, 9.17) is 9.90 Å². The monoisotopic (exact) mass is 271 g/mol. The molecule has 1 rings (SSSR count). The van der Waals surface area contributed by atoms with Gasteiger partial charge in [-0.05, 0) is 19.8 Å².